The van der Waals surface area contributed by atoms with E-state index < -0.39 is 0 Å². The van der Waals surface area contributed by atoms with Crippen LogP contribution in [0.25, 0.3) is 0 Å². The van der Waals surface area contributed by atoms with Crippen molar-refractivity contribution in [2.24, 2.45) is 9.98 Å². The predicted molar refractivity (Wildman–Crippen MR) is 122 cm³/mol. The van der Waals surface area contributed by atoms with Crippen LogP contribution in [-0.4, -0.2) is 72.0 Å². The number of benzene rings is 2. The molecule has 0 bridgehead atoms. The molecule has 1 saturated heterocycles. The van der Waals surface area contributed by atoms with Gasteiger partial charge in [-0.25, -0.2) is 0 Å². The van der Waals surface area contributed by atoms with Gasteiger partial charge in [-0.05, 0) is 30.5 Å². The molecule has 0 atom stereocenters. The normalized spacial score (nSPS) is 14.4. The van der Waals surface area contributed by atoms with Crippen LogP contribution in [0, 0.1) is 0 Å². The van der Waals surface area contributed by atoms with E-state index in [2.05, 4.69) is 27.7 Å². The number of nitrogens with zero attached hydrogens (tertiary/aromatic N) is 4. The average molecular weight is 411 g/mol. The summed E-state index contributed by atoms with van der Waals surface area (Å²) in [4.78, 5) is 13.0. The van der Waals surface area contributed by atoms with E-state index in [1.807, 2.05) is 49.3 Å². The minimum atomic E-state index is 0.421. The smallest absolute Gasteiger partial charge is 0.136 e. The molecule has 1 aliphatic rings. The van der Waals surface area contributed by atoms with Crippen molar-refractivity contribution in [1.29, 1.82) is 0 Å². The van der Waals surface area contributed by atoms with E-state index in [0.29, 0.717) is 19.8 Å². The van der Waals surface area contributed by atoms with Gasteiger partial charge in [0.2, 0.25) is 0 Å². The Bertz CT molecular complexity index is 888. The Labute approximate surface area is 178 Å². The summed E-state index contributed by atoms with van der Waals surface area (Å²) in [6.45, 7) is 7.29. The van der Waals surface area contributed by atoms with Gasteiger partial charge in [0, 0.05) is 46.0 Å². The second kappa shape index (κ2) is 10.1. The molecule has 0 N–H and O–H groups in total. The molecule has 2 aromatic rings. The summed E-state index contributed by atoms with van der Waals surface area (Å²) in [5.74, 6) is 2.34. The second-order valence-corrected chi connectivity index (χ2v) is 7.17. The molecule has 0 spiro atoms. The predicted octanol–water partition coefficient (Wildman–Crippen LogP) is 3.38. The zero-order valence-electron chi connectivity index (χ0n) is 18.2. The van der Waals surface area contributed by atoms with Crippen molar-refractivity contribution in [3.8, 4) is 11.5 Å². The first kappa shape index (κ1) is 21.6. The fourth-order valence-electron chi connectivity index (χ4n) is 3.47. The number of rotatable bonds is 7. The molecular formula is C23H30N4O3. The maximum absolute atomic E-state index is 6.31. The molecule has 0 aromatic heterocycles. The van der Waals surface area contributed by atoms with Crippen molar-refractivity contribution < 1.29 is 14.2 Å². The van der Waals surface area contributed by atoms with Crippen LogP contribution in [0.15, 0.2) is 46.4 Å². The van der Waals surface area contributed by atoms with Crippen LogP contribution in [0.1, 0.15) is 11.1 Å². The molecule has 0 amide bonds. The van der Waals surface area contributed by atoms with Gasteiger partial charge >= 0.3 is 0 Å². The third-order valence-corrected chi connectivity index (χ3v) is 5.03. The van der Waals surface area contributed by atoms with Crippen LogP contribution >= 0.6 is 0 Å². The first-order valence-electron chi connectivity index (χ1n) is 9.95. The van der Waals surface area contributed by atoms with Crippen LogP contribution in [0.2, 0.25) is 0 Å². The molecule has 7 nitrogen and oxygen atoms in total. The van der Waals surface area contributed by atoms with E-state index in [9.17, 15) is 0 Å². The lowest BCUT2D eigenvalue weighted by Crippen LogP contribution is -2.36. The number of hydrogen-bond acceptors (Lipinski definition) is 6. The molecule has 0 radical (unpaired) electrons. The van der Waals surface area contributed by atoms with Gasteiger partial charge < -0.3 is 24.0 Å². The summed E-state index contributed by atoms with van der Waals surface area (Å²) in [6, 6.07) is 12.0. The highest BCUT2D eigenvalue weighted by atomic mass is 16.5. The van der Waals surface area contributed by atoms with Crippen molar-refractivity contribution >= 4 is 23.9 Å². The highest BCUT2D eigenvalue weighted by Crippen LogP contribution is 2.36. The van der Waals surface area contributed by atoms with Crippen LogP contribution < -0.4 is 14.4 Å². The Morgan fingerprint density at radius 3 is 2.43 bits per heavy atom. The number of morpholine rings is 1. The van der Waals surface area contributed by atoms with Crippen LogP contribution in [0.4, 0.5) is 11.4 Å². The van der Waals surface area contributed by atoms with E-state index in [1.165, 1.54) is 0 Å². The van der Waals surface area contributed by atoms with Gasteiger partial charge in [-0.15, -0.1) is 0 Å². The molecule has 1 fully saturated rings. The quantitative estimate of drug-likeness (QED) is 0.517. The molecule has 0 saturated carbocycles. The lowest BCUT2D eigenvalue weighted by molar-refractivity contribution is 0.122. The molecule has 0 aliphatic carbocycles. The minimum Gasteiger partial charge on any atom is -0.497 e. The molecular weight excluding hydrogens is 380 g/mol. The Kier molecular flexibility index (Phi) is 7.30. The molecule has 2 aromatic carbocycles. The third-order valence-electron chi connectivity index (χ3n) is 5.03. The minimum absolute atomic E-state index is 0.421. The number of aliphatic imine (C=N–C) groups is 2. The van der Waals surface area contributed by atoms with Crippen LogP contribution in [-0.2, 0) is 11.3 Å². The highest BCUT2D eigenvalue weighted by molar-refractivity contribution is 6.06. The first-order valence-corrected chi connectivity index (χ1v) is 9.95. The Balaban J connectivity index is 1.99. The Hall–Kier alpha value is -3.06. The summed E-state index contributed by atoms with van der Waals surface area (Å²) in [5.41, 5.74) is 3.68. The summed E-state index contributed by atoms with van der Waals surface area (Å²) >= 11 is 0. The first-order chi connectivity index (χ1) is 14.6. The Morgan fingerprint density at radius 2 is 1.87 bits per heavy atom. The number of ether oxygens (including phenoxy) is 3. The van der Waals surface area contributed by atoms with Crippen molar-refractivity contribution in [2.45, 2.75) is 6.61 Å². The molecule has 0 unspecified atom stereocenters. The van der Waals surface area contributed by atoms with E-state index in [0.717, 1.165) is 52.9 Å². The molecule has 1 aliphatic heterocycles. The number of amidine groups is 1. The van der Waals surface area contributed by atoms with Crippen molar-refractivity contribution in [3.63, 3.8) is 0 Å². The maximum atomic E-state index is 6.31. The fraction of sp³-hybridized carbons (Fsp3) is 0.391. The fourth-order valence-corrected chi connectivity index (χ4v) is 3.47. The van der Waals surface area contributed by atoms with E-state index in [-0.39, 0.29) is 0 Å². The monoisotopic (exact) mass is 410 g/mol. The summed E-state index contributed by atoms with van der Waals surface area (Å²) in [7, 11) is 7.34. The SMILES string of the molecule is C=Nc1cc(N2CCOCC2)cc(OCc2ccc(OC)cc2)c1/C(=N\C)N(C)C. The topological polar surface area (TPSA) is 58.9 Å². The average Bonchev–Trinajstić information content (AvgIpc) is 2.79. The van der Waals surface area contributed by atoms with E-state index in [4.69, 9.17) is 14.2 Å². The summed E-state index contributed by atoms with van der Waals surface area (Å²) in [5, 5.41) is 0. The van der Waals surface area contributed by atoms with E-state index >= 15 is 0 Å². The maximum Gasteiger partial charge on any atom is 0.136 e. The van der Waals surface area contributed by atoms with Gasteiger partial charge in [-0.3, -0.25) is 9.98 Å². The zero-order chi connectivity index (χ0) is 21.5. The van der Waals surface area contributed by atoms with Crippen molar-refractivity contribution in [2.75, 3.05) is 59.5 Å². The van der Waals surface area contributed by atoms with Gasteiger partial charge in [0.05, 0.1) is 31.6 Å². The second-order valence-electron chi connectivity index (χ2n) is 7.17. The van der Waals surface area contributed by atoms with Gasteiger partial charge in [-0.2, -0.15) is 0 Å². The third kappa shape index (κ3) is 4.91. The van der Waals surface area contributed by atoms with Crippen LogP contribution in [0.5, 0.6) is 11.5 Å². The molecule has 30 heavy (non-hydrogen) atoms. The largest absolute Gasteiger partial charge is 0.497 e. The Morgan fingerprint density at radius 1 is 1.17 bits per heavy atom. The van der Waals surface area contributed by atoms with Gasteiger partial charge in [-0.1, -0.05) is 12.1 Å². The number of hydrogen-bond donors (Lipinski definition) is 0. The lowest BCUT2D eigenvalue weighted by Gasteiger charge is -2.30. The molecule has 7 heteroatoms. The summed E-state index contributed by atoms with van der Waals surface area (Å²) < 4.78 is 17.0. The van der Waals surface area contributed by atoms with Crippen molar-refractivity contribution in [3.05, 3.63) is 47.5 Å². The lowest BCUT2D eigenvalue weighted by atomic mass is 10.1. The standard InChI is InChI=1S/C23H30N4O3/c1-24-20-14-18(27-10-12-29-13-11-27)15-21(22(20)23(25-2)26(3)4)30-16-17-6-8-19(28-5)9-7-17/h6-9,14-15H,1,10-13,16H2,2-5H3/b25-23+. The molecule has 160 valence electrons. The van der Waals surface area contributed by atoms with Gasteiger partial charge in [0.1, 0.15) is 23.9 Å². The zero-order valence-corrected chi connectivity index (χ0v) is 18.2. The summed E-state index contributed by atoms with van der Waals surface area (Å²) in [6.07, 6.45) is 0. The molecule has 3 rings (SSSR count). The van der Waals surface area contributed by atoms with E-state index in [1.54, 1.807) is 14.2 Å². The van der Waals surface area contributed by atoms with Gasteiger partial charge in [0.25, 0.3) is 0 Å². The van der Waals surface area contributed by atoms with Crippen LogP contribution in [0.3, 0.4) is 0 Å². The number of anilines is 1. The molecule has 1 heterocycles. The van der Waals surface area contributed by atoms with Crippen molar-refractivity contribution in [1.82, 2.24) is 4.90 Å². The van der Waals surface area contributed by atoms with Gasteiger partial charge in [0.15, 0.2) is 0 Å². The highest BCUT2D eigenvalue weighted by Gasteiger charge is 2.21. The number of methoxy groups -OCH3 is 1.